The van der Waals surface area contributed by atoms with Crippen LogP contribution in [0.3, 0.4) is 0 Å². The van der Waals surface area contributed by atoms with Crippen molar-refractivity contribution in [3.05, 3.63) is 30.0 Å². The Balaban J connectivity index is 1.65. The number of rotatable bonds is 5. The lowest BCUT2D eigenvalue weighted by Crippen LogP contribution is -2.18. The van der Waals surface area contributed by atoms with Gasteiger partial charge in [0.1, 0.15) is 22.0 Å². The number of thiophene rings is 1. The van der Waals surface area contributed by atoms with E-state index in [1.54, 1.807) is 28.3 Å². The second-order valence-electron chi connectivity index (χ2n) is 4.91. The Labute approximate surface area is 136 Å². The summed E-state index contributed by atoms with van der Waals surface area (Å²) in [7, 11) is 0. The summed E-state index contributed by atoms with van der Waals surface area (Å²) in [4.78, 5) is 21.5. The van der Waals surface area contributed by atoms with E-state index in [1.807, 2.05) is 25.3 Å². The lowest BCUT2D eigenvalue weighted by atomic mass is 10.4. The first kappa shape index (κ1) is 15.0. The molecule has 0 bridgehead atoms. The van der Waals surface area contributed by atoms with Crippen molar-refractivity contribution < 1.29 is 4.79 Å². The zero-order valence-electron chi connectivity index (χ0n) is 12.2. The van der Waals surface area contributed by atoms with Gasteiger partial charge in [-0.05, 0) is 25.3 Å². The van der Waals surface area contributed by atoms with Crippen molar-refractivity contribution in [2.45, 2.75) is 24.9 Å². The van der Waals surface area contributed by atoms with Crippen LogP contribution in [0.5, 0.6) is 0 Å². The van der Waals surface area contributed by atoms with Crippen LogP contribution < -0.4 is 5.32 Å². The largest absolute Gasteiger partial charge is 0.310 e. The van der Waals surface area contributed by atoms with Gasteiger partial charge in [-0.3, -0.25) is 4.79 Å². The zero-order valence-corrected chi connectivity index (χ0v) is 13.8. The predicted octanol–water partition coefficient (Wildman–Crippen LogP) is 3.20. The third-order valence-electron chi connectivity index (χ3n) is 2.99. The van der Waals surface area contributed by atoms with Crippen LogP contribution >= 0.6 is 23.1 Å². The molecule has 1 N–H and O–H groups in total. The van der Waals surface area contributed by atoms with Crippen LogP contribution in [0.4, 0.5) is 5.82 Å². The number of hydrogen-bond donors (Lipinski definition) is 1. The van der Waals surface area contributed by atoms with Gasteiger partial charge in [0.25, 0.3) is 0 Å². The van der Waals surface area contributed by atoms with Gasteiger partial charge >= 0.3 is 0 Å². The summed E-state index contributed by atoms with van der Waals surface area (Å²) in [6.07, 6.45) is 3.22. The van der Waals surface area contributed by atoms with Crippen LogP contribution in [0.15, 0.2) is 35.1 Å². The number of thioether (sulfide) groups is 1. The van der Waals surface area contributed by atoms with Crippen LogP contribution in [0.1, 0.15) is 19.9 Å². The molecule has 3 aromatic rings. The molecular formula is C14H15N5OS2. The topological polar surface area (TPSA) is 72.7 Å². The van der Waals surface area contributed by atoms with E-state index < -0.39 is 0 Å². The average molecular weight is 333 g/mol. The molecule has 0 aliphatic carbocycles. The smallest absolute Gasteiger partial charge is 0.235 e. The maximum atomic E-state index is 12.1. The molecule has 6 nitrogen and oxygen atoms in total. The summed E-state index contributed by atoms with van der Waals surface area (Å²) in [6.45, 7) is 4.04. The van der Waals surface area contributed by atoms with E-state index in [0.717, 1.165) is 15.2 Å². The van der Waals surface area contributed by atoms with Crippen molar-refractivity contribution in [1.29, 1.82) is 0 Å². The molecule has 3 rings (SSSR count). The average Bonchev–Trinajstić information content (AvgIpc) is 3.13. The quantitative estimate of drug-likeness (QED) is 0.573. The molecule has 0 saturated heterocycles. The first-order chi connectivity index (χ1) is 10.6. The van der Waals surface area contributed by atoms with Crippen LogP contribution in [0.25, 0.3) is 10.2 Å². The minimum atomic E-state index is -0.0746. The van der Waals surface area contributed by atoms with Crippen LogP contribution in [0, 0.1) is 0 Å². The predicted molar refractivity (Wildman–Crippen MR) is 89.4 cm³/mol. The van der Waals surface area contributed by atoms with Gasteiger partial charge in [-0.1, -0.05) is 11.8 Å². The van der Waals surface area contributed by atoms with E-state index in [0.29, 0.717) is 11.6 Å². The summed E-state index contributed by atoms with van der Waals surface area (Å²) >= 11 is 2.98. The summed E-state index contributed by atoms with van der Waals surface area (Å²) in [5, 5.41) is 10.9. The fraction of sp³-hybridized carbons (Fsp3) is 0.286. The number of amides is 1. The van der Waals surface area contributed by atoms with E-state index in [9.17, 15) is 4.79 Å². The lowest BCUT2D eigenvalue weighted by molar-refractivity contribution is -0.113. The number of hydrogen-bond acceptors (Lipinski definition) is 6. The normalized spacial score (nSPS) is 11.2. The highest BCUT2D eigenvalue weighted by atomic mass is 32.2. The minimum absolute atomic E-state index is 0.0746. The van der Waals surface area contributed by atoms with E-state index in [1.165, 1.54) is 18.1 Å². The molecule has 1 amide bonds. The van der Waals surface area contributed by atoms with Crippen molar-refractivity contribution in [3.8, 4) is 0 Å². The number of nitrogens with zero attached hydrogens (tertiary/aromatic N) is 4. The molecule has 22 heavy (non-hydrogen) atoms. The molecule has 0 radical (unpaired) electrons. The number of carbonyl (C=O) groups excluding carboxylic acids is 1. The highest BCUT2D eigenvalue weighted by Crippen LogP contribution is 2.27. The maximum Gasteiger partial charge on any atom is 0.235 e. The highest BCUT2D eigenvalue weighted by Gasteiger charge is 2.11. The van der Waals surface area contributed by atoms with Gasteiger partial charge < -0.3 is 5.32 Å². The standard InChI is InChI=1S/C14H15N5OS2/c1-9(2)19-11(3-5-17-19)18-12(20)7-22-14-10-4-6-21-13(10)15-8-16-14/h3-6,8-9H,7H2,1-2H3,(H,18,20). The molecule has 0 spiro atoms. The minimum Gasteiger partial charge on any atom is -0.310 e. The molecule has 0 saturated carbocycles. The second kappa shape index (κ2) is 6.45. The number of fused-ring (bicyclic) bond motifs is 1. The molecule has 0 aromatic carbocycles. The summed E-state index contributed by atoms with van der Waals surface area (Å²) in [5.74, 6) is 0.934. The zero-order chi connectivity index (χ0) is 15.5. The van der Waals surface area contributed by atoms with Gasteiger partial charge in [-0.15, -0.1) is 11.3 Å². The third kappa shape index (κ3) is 3.12. The first-order valence-electron chi connectivity index (χ1n) is 6.79. The van der Waals surface area contributed by atoms with Crippen LogP contribution in [-0.4, -0.2) is 31.4 Å². The molecule has 0 atom stereocenters. The summed E-state index contributed by atoms with van der Waals surface area (Å²) in [6, 6.07) is 3.98. The van der Waals surface area contributed by atoms with Crippen molar-refractivity contribution in [2.24, 2.45) is 0 Å². The Kier molecular flexibility index (Phi) is 4.39. The number of nitrogens with one attached hydrogen (secondary N) is 1. The maximum absolute atomic E-state index is 12.1. The van der Waals surface area contributed by atoms with E-state index in [-0.39, 0.29) is 11.9 Å². The second-order valence-corrected chi connectivity index (χ2v) is 6.77. The number of aromatic nitrogens is 4. The lowest BCUT2D eigenvalue weighted by Gasteiger charge is -2.11. The molecule has 114 valence electrons. The SMILES string of the molecule is CC(C)n1nccc1NC(=O)CSc1ncnc2sccc12. The van der Waals surface area contributed by atoms with Crippen molar-refractivity contribution in [3.63, 3.8) is 0 Å². The van der Waals surface area contributed by atoms with E-state index in [2.05, 4.69) is 20.4 Å². The van der Waals surface area contributed by atoms with Gasteiger partial charge in [0.15, 0.2) is 0 Å². The fourth-order valence-corrected chi connectivity index (χ4v) is 3.60. The highest BCUT2D eigenvalue weighted by molar-refractivity contribution is 8.00. The van der Waals surface area contributed by atoms with Crippen molar-refractivity contribution >= 4 is 45.0 Å². The summed E-state index contributed by atoms with van der Waals surface area (Å²) in [5.41, 5.74) is 0. The molecule has 0 aliphatic rings. The van der Waals surface area contributed by atoms with Gasteiger partial charge in [-0.2, -0.15) is 5.10 Å². The van der Waals surface area contributed by atoms with Crippen molar-refractivity contribution in [1.82, 2.24) is 19.7 Å². The fourth-order valence-electron chi connectivity index (χ4n) is 2.02. The number of carbonyl (C=O) groups is 1. The van der Waals surface area contributed by atoms with Crippen LogP contribution in [0.2, 0.25) is 0 Å². The van der Waals surface area contributed by atoms with Crippen molar-refractivity contribution in [2.75, 3.05) is 11.1 Å². The third-order valence-corrected chi connectivity index (χ3v) is 4.82. The number of anilines is 1. The Morgan fingerprint density at radius 1 is 1.41 bits per heavy atom. The molecule has 3 aromatic heterocycles. The Hall–Kier alpha value is -1.93. The van der Waals surface area contributed by atoms with Gasteiger partial charge in [0.05, 0.1) is 11.9 Å². The van der Waals surface area contributed by atoms with E-state index in [4.69, 9.17) is 0 Å². The Morgan fingerprint density at radius 3 is 3.09 bits per heavy atom. The molecule has 0 unspecified atom stereocenters. The van der Waals surface area contributed by atoms with Gasteiger partial charge in [0, 0.05) is 17.5 Å². The molecule has 0 fully saturated rings. The van der Waals surface area contributed by atoms with Gasteiger partial charge in [-0.25, -0.2) is 14.6 Å². The molecule has 0 aliphatic heterocycles. The Morgan fingerprint density at radius 2 is 2.27 bits per heavy atom. The summed E-state index contributed by atoms with van der Waals surface area (Å²) < 4.78 is 1.78. The van der Waals surface area contributed by atoms with Crippen LogP contribution in [-0.2, 0) is 4.79 Å². The molecule has 3 heterocycles. The Bertz CT molecular complexity index is 795. The van der Waals surface area contributed by atoms with E-state index >= 15 is 0 Å². The van der Waals surface area contributed by atoms with Gasteiger partial charge in [0.2, 0.25) is 5.91 Å². The molecular weight excluding hydrogens is 318 g/mol. The monoisotopic (exact) mass is 333 g/mol. The first-order valence-corrected chi connectivity index (χ1v) is 8.66. The molecule has 8 heteroatoms.